The van der Waals surface area contributed by atoms with E-state index in [-0.39, 0.29) is 5.91 Å². The second-order valence-electron chi connectivity index (χ2n) is 7.63. The SMILES string of the molecule is CCN1C(=O)/C(=C\c2ccc(N3CCCC3)c(C)c2)SC1=Nc1ccc(C)cc1. The summed E-state index contributed by atoms with van der Waals surface area (Å²) in [4.78, 5) is 22.6. The smallest absolute Gasteiger partial charge is 0.266 e. The van der Waals surface area contributed by atoms with Crippen LogP contribution in [0, 0.1) is 13.8 Å². The number of aliphatic imine (C=N–C) groups is 1. The maximum Gasteiger partial charge on any atom is 0.266 e. The van der Waals surface area contributed by atoms with Gasteiger partial charge in [-0.05, 0) is 86.8 Å². The van der Waals surface area contributed by atoms with Crippen molar-refractivity contribution < 1.29 is 4.79 Å². The Morgan fingerprint density at radius 2 is 1.79 bits per heavy atom. The number of hydrogen-bond acceptors (Lipinski definition) is 4. The van der Waals surface area contributed by atoms with Crippen LogP contribution in [0.4, 0.5) is 11.4 Å². The molecule has 0 unspecified atom stereocenters. The highest BCUT2D eigenvalue weighted by Gasteiger charge is 2.32. The molecule has 0 aliphatic carbocycles. The molecule has 150 valence electrons. The Labute approximate surface area is 177 Å². The molecule has 0 radical (unpaired) electrons. The molecular weight excluding hydrogens is 378 g/mol. The highest BCUT2D eigenvalue weighted by atomic mass is 32.2. The number of amidine groups is 1. The molecule has 1 amide bonds. The number of thioether (sulfide) groups is 1. The lowest BCUT2D eigenvalue weighted by atomic mass is 10.1. The van der Waals surface area contributed by atoms with E-state index in [4.69, 9.17) is 4.99 Å². The molecule has 2 aliphatic rings. The second-order valence-corrected chi connectivity index (χ2v) is 8.64. The van der Waals surface area contributed by atoms with E-state index < -0.39 is 0 Å². The van der Waals surface area contributed by atoms with Crippen LogP contribution >= 0.6 is 11.8 Å². The molecule has 2 fully saturated rings. The van der Waals surface area contributed by atoms with E-state index >= 15 is 0 Å². The Kier molecular flexibility index (Phi) is 5.76. The van der Waals surface area contributed by atoms with Gasteiger partial charge in [-0.15, -0.1) is 0 Å². The first kappa shape index (κ1) is 19.8. The number of likely N-dealkylation sites (N-methyl/N-ethyl adjacent to an activating group) is 1. The van der Waals surface area contributed by atoms with Gasteiger partial charge in [-0.25, -0.2) is 4.99 Å². The summed E-state index contributed by atoms with van der Waals surface area (Å²) in [5, 5.41) is 0.748. The Morgan fingerprint density at radius 3 is 2.45 bits per heavy atom. The van der Waals surface area contributed by atoms with E-state index in [0.717, 1.165) is 34.4 Å². The number of amides is 1. The van der Waals surface area contributed by atoms with Crippen molar-refractivity contribution in [2.75, 3.05) is 24.5 Å². The Morgan fingerprint density at radius 1 is 1.07 bits per heavy atom. The summed E-state index contributed by atoms with van der Waals surface area (Å²) in [5.74, 6) is 0.0321. The van der Waals surface area contributed by atoms with E-state index in [1.54, 1.807) is 4.90 Å². The van der Waals surface area contributed by atoms with Crippen molar-refractivity contribution in [2.24, 2.45) is 4.99 Å². The lowest BCUT2D eigenvalue weighted by molar-refractivity contribution is -0.122. The third kappa shape index (κ3) is 4.25. The summed E-state index contributed by atoms with van der Waals surface area (Å²) >= 11 is 1.46. The Bertz CT molecular complexity index is 972. The summed E-state index contributed by atoms with van der Waals surface area (Å²) in [7, 11) is 0. The third-order valence-corrected chi connectivity index (χ3v) is 6.44. The van der Waals surface area contributed by atoms with Crippen LogP contribution in [-0.2, 0) is 4.79 Å². The van der Waals surface area contributed by atoms with Crippen molar-refractivity contribution in [2.45, 2.75) is 33.6 Å². The van der Waals surface area contributed by atoms with Gasteiger partial charge in [-0.3, -0.25) is 9.69 Å². The van der Waals surface area contributed by atoms with Crippen LogP contribution < -0.4 is 4.90 Å². The Balaban J connectivity index is 1.59. The minimum Gasteiger partial charge on any atom is -0.371 e. The zero-order valence-electron chi connectivity index (χ0n) is 17.3. The molecule has 2 heterocycles. The molecule has 2 aromatic carbocycles. The maximum absolute atomic E-state index is 12.9. The molecule has 0 atom stereocenters. The van der Waals surface area contributed by atoms with Gasteiger partial charge in [0.25, 0.3) is 5.91 Å². The van der Waals surface area contributed by atoms with Gasteiger partial charge in [0.1, 0.15) is 0 Å². The van der Waals surface area contributed by atoms with E-state index in [1.165, 1.54) is 41.4 Å². The van der Waals surface area contributed by atoms with E-state index in [1.807, 2.05) is 37.3 Å². The van der Waals surface area contributed by atoms with Crippen molar-refractivity contribution in [1.82, 2.24) is 4.90 Å². The highest BCUT2D eigenvalue weighted by Crippen LogP contribution is 2.35. The van der Waals surface area contributed by atoms with Crippen LogP contribution in [0.15, 0.2) is 52.4 Å². The van der Waals surface area contributed by atoms with Gasteiger partial charge < -0.3 is 4.90 Å². The highest BCUT2D eigenvalue weighted by molar-refractivity contribution is 8.18. The first-order chi connectivity index (χ1) is 14.0. The first-order valence-electron chi connectivity index (χ1n) is 10.3. The van der Waals surface area contributed by atoms with Crippen LogP contribution in [-0.4, -0.2) is 35.6 Å². The molecule has 5 heteroatoms. The predicted molar refractivity (Wildman–Crippen MR) is 124 cm³/mol. The molecule has 0 aromatic heterocycles. The quantitative estimate of drug-likeness (QED) is 0.628. The normalized spacial score (nSPS) is 19.8. The molecule has 2 saturated heterocycles. The van der Waals surface area contributed by atoms with Gasteiger partial charge in [0.05, 0.1) is 10.6 Å². The molecule has 0 N–H and O–H groups in total. The fraction of sp³-hybridized carbons (Fsp3) is 0.333. The molecular formula is C24H27N3OS. The van der Waals surface area contributed by atoms with Gasteiger partial charge in [0, 0.05) is 25.3 Å². The van der Waals surface area contributed by atoms with Crippen LogP contribution in [0.1, 0.15) is 36.5 Å². The van der Waals surface area contributed by atoms with Crippen molar-refractivity contribution in [3.8, 4) is 0 Å². The number of nitrogens with zero attached hydrogens (tertiary/aromatic N) is 3. The van der Waals surface area contributed by atoms with Gasteiger partial charge in [0.15, 0.2) is 5.17 Å². The zero-order valence-corrected chi connectivity index (χ0v) is 18.1. The number of carbonyl (C=O) groups excluding carboxylic acids is 1. The van der Waals surface area contributed by atoms with E-state index in [0.29, 0.717) is 6.54 Å². The molecule has 4 rings (SSSR count). The van der Waals surface area contributed by atoms with Crippen LogP contribution in [0.25, 0.3) is 6.08 Å². The monoisotopic (exact) mass is 405 g/mol. The fourth-order valence-electron chi connectivity index (χ4n) is 3.83. The number of anilines is 1. The maximum atomic E-state index is 12.9. The molecule has 2 aromatic rings. The van der Waals surface area contributed by atoms with Gasteiger partial charge in [-0.1, -0.05) is 23.8 Å². The van der Waals surface area contributed by atoms with Gasteiger partial charge in [0.2, 0.25) is 0 Å². The lowest BCUT2D eigenvalue weighted by Crippen LogP contribution is -2.28. The van der Waals surface area contributed by atoms with Gasteiger partial charge in [-0.2, -0.15) is 0 Å². The van der Waals surface area contributed by atoms with Crippen LogP contribution in [0.3, 0.4) is 0 Å². The average molecular weight is 406 g/mol. The number of benzene rings is 2. The lowest BCUT2D eigenvalue weighted by Gasteiger charge is -2.20. The largest absolute Gasteiger partial charge is 0.371 e. The van der Waals surface area contributed by atoms with E-state index in [2.05, 4.69) is 36.9 Å². The van der Waals surface area contributed by atoms with Crippen LogP contribution in [0.5, 0.6) is 0 Å². The fourth-order valence-corrected chi connectivity index (χ4v) is 4.90. The zero-order chi connectivity index (χ0) is 20.4. The van der Waals surface area contributed by atoms with Crippen molar-refractivity contribution in [3.63, 3.8) is 0 Å². The number of carbonyl (C=O) groups is 1. The predicted octanol–water partition coefficient (Wildman–Crippen LogP) is 5.53. The first-order valence-corrected chi connectivity index (χ1v) is 11.1. The Hall–Kier alpha value is -2.53. The minimum absolute atomic E-state index is 0.0321. The average Bonchev–Trinajstić information content (AvgIpc) is 3.33. The van der Waals surface area contributed by atoms with Crippen molar-refractivity contribution >= 4 is 40.3 Å². The number of rotatable bonds is 4. The molecule has 0 bridgehead atoms. The van der Waals surface area contributed by atoms with E-state index in [9.17, 15) is 4.79 Å². The topological polar surface area (TPSA) is 35.9 Å². The summed E-state index contributed by atoms with van der Waals surface area (Å²) < 4.78 is 0. The second kappa shape index (κ2) is 8.46. The summed E-state index contributed by atoms with van der Waals surface area (Å²) in [6.07, 6.45) is 4.53. The number of aryl methyl sites for hydroxylation is 2. The molecule has 0 saturated carbocycles. The molecule has 2 aliphatic heterocycles. The summed E-state index contributed by atoms with van der Waals surface area (Å²) in [5.41, 5.74) is 5.71. The molecule has 0 spiro atoms. The summed E-state index contributed by atoms with van der Waals surface area (Å²) in [6.45, 7) is 9.09. The molecule has 29 heavy (non-hydrogen) atoms. The van der Waals surface area contributed by atoms with Crippen molar-refractivity contribution in [1.29, 1.82) is 0 Å². The third-order valence-electron chi connectivity index (χ3n) is 5.43. The van der Waals surface area contributed by atoms with Crippen LogP contribution in [0.2, 0.25) is 0 Å². The number of hydrogen-bond donors (Lipinski definition) is 0. The minimum atomic E-state index is 0.0321. The standard InChI is InChI=1S/C24H27N3OS/c1-4-27-23(28)22(29-24(27)25-20-10-7-17(2)8-11-20)16-19-9-12-21(18(3)15-19)26-13-5-6-14-26/h7-12,15-16H,4-6,13-14H2,1-3H3/b22-16+,25-24?. The summed E-state index contributed by atoms with van der Waals surface area (Å²) in [6, 6.07) is 14.5. The van der Waals surface area contributed by atoms with Gasteiger partial charge >= 0.3 is 0 Å². The van der Waals surface area contributed by atoms with Crippen molar-refractivity contribution in [3.05, 3.63) is 64.1 Å². The molecule has 4 nitrogen and oxygen atoms in total.